The topological polar surface area (TPSA) is 89.3 Å². The van der Waals surface area contributed by atoms with Crippen molar-refractivity contribution in [3.8, 4) is 0 Å². The largest absolute Gasteiger partial charge is 0.345 e. The van der Waals surface area contributed by atoms with Crippen molar-refractivity contribution >= 4 is 27.3 Å². The summed E-state index contributed by atoms with van der Waals surface area (Å²) in [5, 5.41) is 9.58. The van der Waals surface area contributed by atoms with Gasteiger partial charge in [-0.2, -0.15) is 0 Å². The zero-order valence-electron chi connectivity index (χ0n) is 11.9. The van der Waals surface area contributed by atoms with Crippen molar-refractivity contribution in [2.24, 2.45) is 11.1 Å². The van der Waals surface area contributed by atoms with Gasteiger partial charge in [0.15, 0.2) is 0 Å². The van der Waals surface area contributed by atoms with Crippen LogP contribution in [0.1, 0.15) is 34.5 Å². The van der Waals surface area contributed by atoms with Crippen molar-refractivity contribution in [3.05, 3.63) is 52.4 Å². The number of fused-ring (bicyclic) bond motifs is 1. The van der Waals surface area contributed by atoms with Crippen LogP contribution in [0.25, 0.3) is 0 Å². The van der Waals surface area contributed by atoms with Crippen LogP contribution in [0.2, 0.25) is 0 Å². The van der Waals surface area contributed by atoms with E-state index in [1.54, 1.807) is 0 Å². The first-order chi connectivity index (χ1) is 10.4. The summed E-state index contributed by atoms with van der Waals surface area (Å²) in [6.07, 6.45) is 0.924. The van der Waals surface area contributed by atoms with E-state index in [4.69, 9.17) is 5.14 Å². The average molecular weight is 336 g/mol. The molecule has 1 aromatic carbocycles. The predicted octanol–water partition coefficient (Wildman–Crippen LogP) is 2.06. The number of sulfonamides is 1. The van der Waals surface area contributed by atoms with Crippen LogP contribution in [0.5, 0.6) is 0 Å². The number of thiophene rings is 1. The molecule has 0 unspecified atom stereocenters. The average Bonchev–Trinajstić information content (AvgIpc) is 3.04. The molecular formula is C15H16N2O3S2. The van der Waals surface area contributed by atoms with Gasteiger partial charge in [0.25, 0.3) is 5.91 Å². The number of carbonyl (C=O) groups is 1. The van der Waals surface area contributed by atoms with E-state index in [2.05, 4.69) is 18.3 Å². The van der Waals surface area contributed by atoms with Crippen molar-refractivity contribution in [1.29, 1.82) is 0 Å². The first-order valence-corrected chi connectivity index (χ1v) is 9.29. The highest BCUT2D eigenvalue weighted by molar-refractivity contribution is 7.91. The highest BCUT2D eigenvalue weighted by Crippen LogP contribution is 2.35. The molecule has 0 aliphatic heterocycles. The van der Waals surface area contributed by atoms with Crippen LogP contribution < -0.4 is 10.5 Å². The lowest BCUT2D eigenvalue weighted by molar-refractivity contribution is 0.0927. The molecule has 22 heavy (non-hydrogen) atoms. The molecule has 0 bridgehead atoms. The molecule has 1 aromatic heterocycles. The highest BCUT2D eigenvalue weighted by atomic mass is 32.2. The van der Waals surface area contributed by atoms with Crippen molar-refractivity contribution in [1.82, 2.24) is 5.32 Å². The van der Waals surface area contributed by atoms with Crippen LogP contribution in [0.4, 0.5) is 0 Å². The van der Waals surface area contributed by atoms with E-state index in [1.807, 2.05) is 18.2 Å². The fraction of sp³-hybridized carbons (Fsp3) is 0.267. The lowest BCUT2D eigenvalue weighted by Gasteiger charge is -2.18. The summed E-state index contributed by atoms with van der Waals surface area (Å²) in [5.41, 5.74) is 2.70. The van der Waals surface area contributed by atoms with Crippen molar-refractivity contribution in [2.45, 2.75) is 23.6 Å². The second kappa shape index (κ2) is 5.49. The maximum absolute atomic E-state index is 12.4. The van der Waals surface area contributed by atoms with Crippen LogP contribution in [0.3, 0.4) is 0 Å². The fourth-order valence-corrected chi connectivity index (χ4v) is 4.41. The molecule has 0 radical (unpaired) electrons. The zero-order chi connectivity index (χ0) is 15.9. The molecule has 0 saturated carbocycles. The Morgan fingerprint density at radius 2 is 2.09 bits per heavy atom. The second-order valence-electron chi connectivity index (χ2n) is 5.53. The van der Waals surface area contributed by atoms with E-state index >= 15 is 0 Å². The molecule has 116 valence electrons. The SMILES string of the molecule is C[C@@H]1Cc2ccccc2[C@H]1NC(=O)c1csc(S(N)(=O)=O)c1. The van der Waals surface area contributed by atoms with Crippen molar-refractivity contribution < 1.29 is 13.2 Å². The molecule has 1 aliphatic carbocycles. The van der Waals surface area contributed by atoms with Gasteiger partial charge in [-0.15, -0.1) is 11.3 Å². The molecule has 0 saturated heterocycles. The van der Waals surface area contributed by atoms with Crippen LogP contribution >= 0.6 is 11.3 Å². The van der Waals surface area contributed by atoms with Crippen LogP contribution in [0.15, 0.2) is 39.9 Å². The third-order valence-corrected chi connectivity index (χ3v) is 6.29. The number of amides is 1. The molecular weight excluding hydrogens is 320 g/mol. The first kappa shape index (κ1) is 15.2. The molecule has 1 heterocycles. The lowest BCUT2D eigenvalue weighted by atomic mass is 10.0. The summed E-state index contributed by atoms with van der Waals surface area (Å²) in [7, 11) is -3.76. The van der Waals surface area contributed by atoms with E-state index in [0.717, 1.165) is 23.3 Å². The summed E-state index contributed by atoms with van der Waals surface area (Å²) in [4.78, 5) is 12.4. The van der Waals surface area contributed by atoms with Gasteiger partial charge in [-0.05, 0) is 29.5 Å². The van der Waals surface area contributed by atoms with E-state index < -0.39 is 10.0 Å². The van der Waals surface area contributed by atoms with Gasteiger partial charge in [0, 0.05) is 5.38 Å². The molecule has 3 rings (SSSR count). The number of benzene rings is 1. The van der Waals surface area contributed by atoms with E-state index in [1.165, 1.54) is 17.0 Å². The minimum absolute atomic E-state index is 0.00230. The lowest BCUT2D eigenvalue weighted by Crippen LogP contribution is -2.30. The molecule has 2 aromatic rings. The number of hydrogen-bond donors (Lipinski definition) is 2. The molecule has 7 heteroatoms. The molecule has 0 spiro atoms. The molecule has 1 amide bonds. The standard InChI is InChI=1S/C15H16N2O3S2/c1-9-6-10-4-2-3-5-12(10)14(9)17-15(18)11-7-13(21-8-11)22(16,19)20/h2-5,7-9,14H,6H2,1H3,(H,17,18)(H2,16,19,20)/t9-,14+/m1/s1. The van der Waals surface area contributed by atoms with Gasteiger partial charge in [-0.25, -0.2) is 13.6 Å². The van der Waals surface area contributed by atoms with E-state index in [0.29, 0.717) is 11.5 Å². The highest BCUT2D eigenvalue weighted by Gasteiger charge is 2.30. The molecule has 1 aliphatic rings. The smallest absolute Gasteiger partial charge is 0.252 e. The van der Waals surface area contributed by atoms with Crippen molar-refractivity contribution in [2.75, 3.05) is 0 Å². The first-order valence-electron chi connectivity index (χ1n) is 6.86. The summed E-state index contributed by atoms with van der Waals surface area (Å²) in [6.45, 7) is 2.09. The number of carbonyl (C=O) groups excluding carboxylic acids is 1. The number of nitrogens with two attached hydrogens (primary N) is 1. The number of primary sulfonamides is 1. The van der Waals surface area contributed by atoms with Gasteiger partial charge in [0.2, 0.25) is 10.0 Å². The van der Waals surface area contributed by atoms with Gasteiger partial charge in [0.1, 0.15) is 4.21 Å². The summed E-state index contributed by atoms with van der Waals surface area (Å²) >= 11 is 0.955. The quantitative estimate of drug-likeness (QED) is 0.899. The predicted molar refractivity (Wildman–Crippen MR) is 85.2 cm³/mol. The molecule has 3 N–H and O–H groups in total. The van der Waals surface area contributed by atoms with Crippen LogP contribution in [0, 0.1) is 5.92 Å². The summed E-state index contributed by atoms with van der Waals surface area (Å²) in [5.74, 6) is 0.0254. The Labute approximate surface area is 133 Å². The monoisotopic (exact) mass is 336 g/mol. The Bertz CT molecular complexity index is 827. The van der Waals surface area contributed by atoms with Crippen molar-refractivity contribution in [3.63, 3.8) is 0 Å². The Morgan fingerprint density at radius 1 is 1.36 bits per heavy atom. The number of hydrogen-bond acceptors (Lipinski definition) is 4. The van der Waals surface area contributed by atoms with Gasteiger partial charge in [-0.1, -0.05) is 31.2 Å². The Balaban J connectivity index is 1.82. The minimum Gasteiger partial charge on any atom is -0.345 e. The Morgan fingerprint density at radius 3 is 2.77 bits per heavy atom. The second-order valence-corrected chi connectivity index (χ2v) is 8.23. The number of rotatable bonds is 3. The van der Waals surface area contributed by atoms with Gasteiger partial charge < -0.3 is 5.32 Å². The fourth-order valence-electron chi connectivity index (χ4n) is 2.82. The van der Waals surface area contributed by atoms with Gasteiger partial charge in [-0.3, -0.25) is 4.79 Å². The van der Waals surface area contributed by atoms with Crippen LogP contribution in [-0.4, -0.2) is 14.3 Å². The van der Waals surface area contributed by atoms with E-state index in [9.17, 15) is 13.2 Å². The summed E-state index contributed by atoms with van der Waals surface area (Å²) < 4.78 is 22.6. The zero-order valence-corrected chi connectivity index (χ0v) is 13.6. The Hall–Kier alpha value is -1.70. The maximum Gasteiger partial charge on any atom is 0.252 e. The maximum atomic E-state index is 12.4. The Kier molecular flexibility index (Phi) is 3.80. The van der Waals surface area contributed by atoms with Gasteiger partial charge >= 0.3 is 0 Å². The summed E-state index contributed by atoms with van der Waals surface area (Å²) in [6, 6.07) is 9.31. The van der Waals surface area contributed by atoms with Gasteiger partial charge in [0.05, 0.1) is 11.6 Å². The minimum atomic E-state index is -3.76. The normalized spacial score (nSPS) is 20.6. The third-order valence-electron chi connectivity index (χ3n) is 3.91. The number of nitrogens with one attached hydrogen (secondary N) is 1. The molecule has 2 atom stereocenters. The third kappa shape index (κ3) is 2.79. The molecule has 0 fully saturated rings. The molecule has 5 nitrogen and oxygen atoms in total. The van der Waals surface area contributed by atoms with E-state index in [-0.39, 0.29) is 16.2 Å². The van der Waals surface area contributed by atoms with Crippen LogP contribution in [-0.2, 0) is 16.4 Å².